The van der Waals surface area contributed by atoms with Gasteiger partial charge in [-0.2, -0.15) is 0 Å². The van der Waals surface area contributed by atoms with Crippen molar-refractivity contribution in [3.05, 3.63) is 34.9 Å². The van der Waals surface area contributed by atoms with Crippen LogP contribution in [-0.4, -0.2) is 35.6 Å². The van der Waals surface area contributed by atoms with E-state index in [0.29, 0.717) is 6.61 Å². The molecule has 3 fully saturated rings. The van der Waals surface area contributed by atoms with Gasteiger partial charge in [-0.05, 0) is 37.0 Å². The lowest BCUT2D eigenvalue weighted by Gasteiger charge is -2.29. The van der Waals surface area contributed by atoms with Crippen LogP contribution in [0.15, 0.2) is 24.3 Å². The van der Waals surface area contributed by atoms with Crippen LogP contribution in [0.2, 0.25) is 5.02 Å². The van der Waals surface area contributed by atoms with Crippen molar-refractivity contribution in [2.24, 2.45) is 0 Å². The number of carbonyl (C=O) groups excluding carboxylic acids is 1. The number of halogens is 1. The van der Waals surface area contributed by atoms with E-state index in [1.54, 1.807) is 0 Å². The number of nitrogens with one attached hydrogen (secondary N) is 1. The Hall–Kier alpha value is -1.10. The van der Waals surface area contributed by atoms with Gasteiger partial charge in [0.05, 0.1) is 12.6 Å². The summed E-state index contributed by atoms with van der Waals surface area (Å²) in [5.41, 5.74) is 0.797. The van der Waals surface area contributed by atoms with Gasteiger partial charge in [-0.1, -0.05) is 23.7 Å². The molecule has 1 N–H and O–H groups in total. The van der Waals surface area contributed by atoms with Gasteiger partial charge < -0.3 is 9.64 Å². The molecule has 5 heteroatoms. The van der Waals surface area contributed by atoms with Crippen LogP contribution in [0, 0.1) is 0 Å². The molecule has 20 heavy (non-hydrogen) atoms. The number of hydrogen-bond donors (Lipinski definition) is 1. The van der Waals surface area contributed by atoms with Gasteiger partial charge >= 0.3 is 0 Å². The predicted octanol–water partition coefficient (Wildman–Crippen LogP) is 2.09. The van der Waals surface area contributed by atoms with E-state index >= 15 is 0 Å². The highest BCUT2D eigenvalue weighted by Crippen LogP contribution is 2.47. The van der Waals surface area contributed by atoms with E-state index in [1.807, 2.05) is 29.2 Å². The van der Waals surface area contributed by atoms with Gasteiger partial charge in [-0.25, -0.2) is 0 Å². The zero-order valence-corrected chi connectivity index (χ0v) is 11.9. The van der Waals surface area contributed by atoms with E-state index in [4.69, 9.17) is 16.3 Å². The molecule has 2 aliphatic heterocycles. The molecule has 4 rings (SSSR count). The van der Waals surface area contributed by atoms with E-state index < -0.39 is 0 Å². The van der Waals surface area contributed by atoms with Gasteiger partial charge in [-0.15, -0.1) is 0 Å². The van der Waals surface area contributed by atoms with Crippen LogP contribution >= 0.6 is 11.6 Å². The van der Waals surface area contributed by atoms with Crippen LogP contribution < -0.4 is 5.32 Å². The minimum atomic E-state index is -0.299. The number of nitrogens with zero attached hydrogens (tertiary/aromatic N) is 1. The summed E-state index contributed by atoms with van der Waals surface area (Å²) in [5.74, 6) is 0.243. The Morgan fingerprint density at radius 1 is 1.30 bits per heavy atom. The van der Waals surface area contributed by atoms with Gasteiger partial charge in [0.2, 0.25) is 5.91 Å². The van der Waals surface area contributed by atoms with E-state index in [2.05, 4.69) is 5.32 Å². The first kappa shape index (κ1) is 12.6. The topological polar surface area (TPSA) is 41.6 Å². The van der Waals surface area contributed by atoms with Crippen molar-refractivity contribution in [1.29, 1.82) is 0 Å². The second kappa shape index (κ2) is 4.45. The second-order valence-corrected chi connectivity index (χ2v) is 6.35. The summed E-state index contributed by atoms with van der Waals surface area (Å²) in [4.78, 5) is 14.7. The standard InChI is InChI=1S/C15H17ClN2O2/c16-11-3-1-10(2-4-11)13-17-15(6-7-15)14(19)18(13)12-5-8-20-9-12/h1-4,12-13,17H,5-9H2. The second-order valence-electron chi connectivity index (χ2n) is 5.91. The third-order valence-electron chi connectivity index (χ3n) is 4.57. The van der Waals surface area contributed by atoms with Crippen LogP contribution in [0.3, 0.4) is 0 Å². The zero-order valence-electron chi connectivity index (χ0n) is 11.1. The van der Waals surface area contributed by atoms with Gasteiger partial charge in [0.1, 0.15) is 11.7 Å². The van der Waals surface area contributed by atoms with Crippen molar-refractivity contribution in [3.63, 3.8) is 0 Å². The van der Waals surface area contributed by atoms with Gasteiger partial charge in [-0.3, -0.25) is 10.1 Å². The molecule has 2 unspecified atom stereocenters. The molecular formula is C15H17ClN2O2. The summed E-state index contributed by atoms with van der Waals surface area (Å²) >= 11 is 5.96. The minimum Gasteiger partial charge on any atom is -0.379 e. The van der Waals surface area contributed by atoms with Crippen molar-refractivity contribution in [3.8, 4) is 0 Å². The van der Waals surface area contributed by atoms with E-state index in [9.17, 15) is 4.79 Å². The maximum atomic E-state index is 12.7. The fourth-order valence-electron chi connectivity index (χ4n) is 3.25. The lowest BCUT2D eigenvalue weighted by Crippen LogP contribution is -2.40. The number of carbonyl (C=O) groups is 1. The Morgan fingerprint density at radius 2 is 2.05 bits per heavy atom. The summed E-state index contributed by atoms with van der Waals surface area (Å²) in [5, 5.41) is 4.25. The number of rotatable bonds is 2. The molecule has 2 atom stereocenters. The molecule has 1 saturated carbocycles. The van der Waals surface area contributed by atoms with Crippen molar-refractivity contribution in [2.75, 3.05) is 13.2 Å². The molecule has 1 aromatic rings. The maximum absolute atomic E-state index is 12.7. The van der Waals surface area contributed by atoms with Crippen molar-refractivity contribution in [2.45, 2.75) is 37.0 Å². The van der Waals surface area contributed by atoms with Crippen molar-refractivity contribution >= 4 is 17.5 Å². The smallest absolute Gasteiger partial charge is 0.244 e. The molecule has 1 spiro atoms. The maximum Gasteiger partial charge on any atom is 0.244 e. The van der Waals surface area contributed by atoms with Crippen LogP contribution in [0.25, 0.3) is 0 Å². The Bertz CT molecular complexity index is 535. The molecule has 3 aliphatic rings. The Balaban J connectivity index is 1.68. The van der Waals surface area contributed by atoms with Crippen LogP contribution in [0.4, 0.5) is 0 Å². The Morgan fingerprint density at radius 3 is 2.65 bits per heavy atom. The first-order chi connectivity index (χ1) is 9.70. The number of ether oxygens (including phenoxy) is 1. The first-order valence-corrected chi connectivity index (χ1v) is 7.51. The SMILES string of the molecule is O=C1N(C2CCOC2)C(c2ccc(Cl)cc2)NC12CC2. The molecule has 2 heterocycles. The average Bonchev–Trinajstić information content (AvgIpc) is 2.91. The minimum absolute atomic E-state index is 0.0473. The summed E-state index contributed by atoms with van der Waals surface area (Å²) in [6.45, 7) is 1.39. The third-order valence-corrected chi connectivity index (χ3v) is 4.82. The van der Waals surface area contributed by atoms with Crippen molar-refractivity contribution in [1.82, 2.24) is 10.2 Å². The van der Waals surface area contributed by atoms with Crippen molar-refractivity contribution < 1.29 is 9.53 Å². The summed E-state index contributed by atoms with van der Waals surface area (Å²) < 4.78 is 5.47. The summed E-state index contributed by atoms with van der Waals surface area (Å²) in [6.07, 6.45) is 2.77. The quantitative estimate of drug-likeness (QED) is 0.907. The monoisotopic (exact) mass is 292 g/mol. The van der Waals surface area contributed by atoms with Crippen LogP contribution in [0.5, 0.6) is 0 Å². The average molecular weight is 293 g/mol. The molecular weight excluding hydrogens is 276 g/mol. The molecule has 4 nitrogen and oxygen atoms in total. The fraction of sp³-hybridized carbons (Fsp3) is 0.533. The van der Waals surface area contributed by atoms with Crippen LogP contribution in [-0.2, 0) is 9.53 Å². The van der Waals surface area contributed by atoms with E-state index in [-0.39, 0.29) is 23.7 Å². The molecule has 0 aromatic heterocycles. The highest BCUT2D eigenvalue weighted by Gasteiger charge is 2.60. The molecule has 0 radical (unpaired) electrons. The zero-order chi connectivity index (χ0) is 13.7. The number of benzene rings is 1. The lowest BCUT2D eigenvalue weighted by molar-refractivity contribution is -0.133. The number of amides is 1. The highest BCUT2D eigenvalue weighted by atomic mass is 35.5. The number of hydrogen-bond acceptors (Lipinski definition) is 3. The third kappa shape index (κ3) is 1.86. The normalized spacial score (nSPS) is 31.2. The van der Waals surface area contributed by atoms with E-state index in [0.717, 1.165) is 36.5 Å². The molecule has 1 aromatic carbocycles. The molecule has 0 bridgehead atoms. The van der Waals surface area contributed by atoms with E-state index in [1.165, 1.54) is 0 Å². The Labute approximate surface area is 123 Å². The molecule has 2 saturated heterocycles. The first-order valence-electron chi connectivity index (χ1n) is 7.13. The molecule has 1 amide bonds. The van der Waals surface area contributed by atoms with Gasteiger partial charge in [0.15, 0.2) is 0 Å². The Kier molecular flexibility index (Phi) is 2.81. The lowest BCUT2D eigenvalue weighted by atomic mass is 10.1. The van der Waals surface area contributed by atoms with Gasteiger partial charge in [0, 0.05) is 11.6 Å². The predicted molar refractivity (Wildman–Crippen MR) is 75.4 cm³/mol. The highest BCUT2D eigenvalue weighted by molar-refractivity contribution is 6.30. The summed E-state index contributed by atoms with van der Waals surface area (Å²) in [6, 6.07) is 7.94. The molecule has 106 valence electrons. The largest absolute Gasteiger partial charge is 0.379 e. The fourth-order valence-corrected chi connectivity index (χ4v) is 3.37. The van der Waals surface area contributed by atoms with Crippen LogP contribution in [0.1, 0.15) is 31.0 Å². The molecule has 1 aliphatic carbocycles. The van der Waals surface area contributed by atoms with Gasteiger partial charge in [0.25, 0.3) is 0 Å². The summed E-state index contributed by atoms with van der Waals surface area (Å²) in [7, 11) is 0.